The smallest absolute Gasteiger partial charge is 0.186 e. The summed E-state index contributed by atoms with van der Waals surface area (Å²) in [6.07, 6.45) is 0. The van der Waals surface area contributed by atoms with E-state index in [0.717, 1.165) is 10.0 Å². The van der Waals surface area contributed by atoms with Crippen LogP contribution in [0.1, 0.15) is 12.5 Å². The van der Waals surface area contributed by atoms with E-state index in [1.165, 1.54) is 0 Å². The second-order valence-electron chi connectivity index (χ2n) is 4.37. The fourth-order valence-corrected chi connectivity index (χ4v) is 4.97. The van der Waals surface area contributed by atoms with Crippen LogP contribution in [0.25, 0.3) is 0 Å². The van der Waals surface area contributed by atoms with Crippen molar-refractivity contribution >= 4 is 31.5 Å². The molecule has 1 aromatic carbocycles. The van der Waals surface area contributed by atoms with Gasteiger partial charge in [-0.05, 0) is 47.5 Å². The molecule has 0 aliphatic carbocycles. The van der Waals surface area contributed by atoms with Crippen LogP contribution >= 0.6 is 15.9 Å². The lowest BCUT2D eigenvalue weighted by molar-refractivity contribution is 0.560. The Morgan fingerprint density at radius 3 is 2.71 bits per heavy atom. The molecule has 0 amide bonds. The summed E-state index contributed by atoms with van der Waals surface area (Å²) >= 11 is 3.40. The van der Waals surface area contributed by atoms with Crippen LogP contribution in [0.15, 0.2) is 21.5 Å². The number of anilines is 1. The Hall–Kier alpha value is -0.590. The average molecular weight is 319 g/mol. The Morgan fingerprint density at radius 1 is 1.47 bits per heavy atom. The monoisotopic (exact) mass is 318 g/mol. The average Bonchev–Trinajstić information content (AvgIpc) is 2.20. The Labute approximate surface area is 110 Å². The van der Waals surface area contributed by atoms with Gasteiger partial charge in [0, 0.05) is 17.1 Å². The first-order chi connectivity index (χ1) is 7.87. The zero-order valence-electron chi connectivity index (χ0n) is 9.70. The molecule has 3 N–H and O–H groups in total. The third-order valence-corrected chi connectivity index (χ3v) is 6.02. The van der Waals surface area contributed by atoms with E-state index >= 15 is 0 Å². The van der Waals surface area contributed by atoms with Gasteiger partial charge in [0.2, 0.25) is 0 Å². The number of nitrogens with two attached hydrogens (primary N) is 1. The summed E-state index contributed by atoms with van der Waals surface area (Å²) < 4.78 is 25.6. The third-order valence-electron chi connectivity index (χ3n) is 3.07. The zero-order valence-corrected chi connectivity index (χ0v) is 12.1. The third kappa shape index (κ3) is 1.98. The molecular weight excluding hydrogens is 304 g/mol. The van der Waals surface area contributed by atoms with Gasteiger partial charge in [0.25, 0.3) is 0 Å². The number of sulfone groups is 1. The standard InChI is InChI=1S/C11H15BrN2O2S/c1-6-3-8(12)11-9(4-6)17(15,16)10(5-13)7(2)14-11/h3-4,7,10,14H,5,13H2,1-2H3. The van der Waals surface area contributed by atoms with Gasteiger partial charge in [-0.3, -0.25) is 0 Å². The van der Waals surface area contributed by atoms with Crippen molar-refractivity contribution < 1.29 is 8.42 Å². The summed E-state index contributed by atoms with van der Waals surface area (Å²) in [4.78, 5) is 0.345. The second kappa shape index (κ2) is 4.26. The summed E-state index contributed by atoms with van der Waals surface area (Å²) in [5, 5.41) is 2.64. The predicted molar refractivity (Wildman–Crippen MR) is 72.0 cm³/mol. The van der Waals surface area contributed by atoms with Gasteiger partial charge < -0.3 is 11.1 Å². The molecule has 0 spiro atoms. The van der Waals surface area contributed by atoms with E-state index in [1.54, 1.807) is 6.07 Å². The summed E-state index contributed by atoms with van der Waals surface area (Å²) in [7, 11) is -3.34. The molecule has 94 valence electrons. The second-order valence-corrected chi connectivity index (χ2v) is 7.36. The molecule has 0 fully saturated rings. The van der Waals surface area contributed by atoms with Crippen molar-refractivity contribution in [2.75, 3.05) is 11.9 Å². The molecule has 6 heteroatoms. The molecule has 2 atom stereocenters. The predicted octanol–water partition coefficient (Wildman–Crippen LogP) is 1.67. The minimum absolute atomic E-state index is 0.126. The number of hydrogen-bond donors (Lipinski definition) is 2. The van der Waals surface area contributed by atoms with Crippen molar-refractivity contribution in [3.05, 3.63) is 22.2 Å². The summed E-state index contributed by atoms with van der Waals surface area (Å²) in [5.74, 6) is 0. The Morgan fingerprint density at radius 2 is 2.12 bits per heavy atom. The molecule has 2 unspecified atom stereocenters. The normalized spacial score (nSPS) is 26.1. The number of benzene rings is 1. The highest BCUT2D eigenvalue weighted by atomic mass is 79.9. The topological polar surface area (TPSA) is 72.2 Å². The van der Waals surface area contributed by atoms with E-state index in [9.17, 15) is 8.42 Å². The van der Waals surface area contributed by atoms with Crippen molar-refractivity contribution in [2.24, 2.45) is 5.73 Å². The van der Waals surface area contributed by atoms with Gasteiger partial charge in [-0.2, -0.15) is 0 Å². The molecule has 17 heavy (non-hydrogen) atoms. The lowest BCUT2D eigenvalue weighted by Crippen LogP contribution is -2.46. The van der Waals surface area contributed by atoms with E-state index in [4.69, 9.17) is 5.73 Å². The van der Waals surface area contributed by atoms with E-state index < -0.39 is 15.1 Å². The number of aryl methyl sites for hydroxylation is 1. The van der Waals surface area contributed by atoms with Crippen LogP contribution in [-0.2, 0) is 9.84 Å². The van der Waals surface area contributed by atoms with Crippen molar-refractivity contribution in [1.82, 2.24) is 0 Å². The molecule has 0 radical (unpaired) electrons. The Bertz CT molecular complexity index is 557. The minimum atomic E-state index is -3.34. The number of rotatable bonds is 1. The number of fused-ring (bicyclic) bond motifs is 1. The van der Waals surface area contributed by atoms with E-state index in [-0.39, 0.29) is 12.6 Å². The molecule has 1 aromatic rings. The highest BCUT2D eigenvalue weighted by Gasteiger charge is 2.38. The quantitative estimate of drug-likeness (QED) is 0.826. The molecule has 0 bridgehead atoms. The van der Waals surface area contributed by atoms with E-state index in [1.807, 2.05) is 19.9 Å². The molecule has 1 heterocycles. The number of hydrogen-bond acceptors (Lipinski definition) is 4. The van der Waals surface area contributed by atoms with Gasteiger partial charge in [0.1, 0.15) is 0 Å². The van der Waals surface area contributed by atoms with E-state index in [2.05, 4.69) is 21.2 Å². The SMILES string of the molecule is Cc1cc(Br)c2c(c1)S(=O)(=O)C(CN)C(C)N2. The fraction of sp³-hybridized carbons (Fsp3) is 0.455. The maximum absolute atomic E-state index is 12.4. The molecule has 0 saturated carbocycles. The van der Waals surface area contributed by atoms with Crippen LogP contribution in [0.2, 0.25) is 0 Å². The number of nitrogens with one attached hydrogen (secondary N) is 1. The fourth-order valence-electron chi connectivity index (χ4n) is 2.16. The maximum atomic E-state index is 12.4. The van der Waals surface area contributed by atoms with Gasteiger partial charge >= 0.3 is 0 Å². The maximum Gasteiger partial charge on any atom is 0.186 e. The molecule has 0 aromatic heterocycles. The molecule has 0 saturated heterocycles. The molecular formula is C11H15BrN2O2S. The lowest BCUT2D eigenvalue weighted by atomic mass is 10.1. The van der Waals surface area contributed by atoms with Gasteiger partial charge in [-0.1, -0.05) is 0 Å². The summed E-state index contributed by atoms with van der Waals surface area (Å²) in [6.45, 7) is 3.84. The largest absolute Gasteiger partial charge is 0.379 e. The van der Waals surface area contributed by atoms with Crippen LogP contribution in [0.5, 0.6) is 0 Å². The van der Waals surface area contributed by atoms with Gasteiger partial charge in [0.15, 0.2) is 9.84 Å². The van der Waals surface area contributed by atoms with Crippen molar-refractivity contribution in [3.8, 4) is 0 Å². The first-order valence-electron chi connectivity index (χ1n) is 5.38. The Kier molecular flexibility index (Phi) is 3.22. The minimum Gasteiger partial charge on any atom is -0.379 e. The van der Waals surface area contributed by atoms with Crippen LogP contribution in [0.3, 0.4) is 0 Å². The Balaban J connectivity index is 2.71. The first kappa shape index (κ1) is 12.9. The van der Waals surface area contributed by atoms with Crippen LogP contribution in [0, 0.1) is 6.92 Å². The summed E-state index contributed by atoms with van der Waals surface area (Å²) in [6, 6.07) is 3.41. The zero-order chi connectivity index (χ0) is 12.8. The highest BCUT2D eigenvalue weighted by molar-refractivity contribution is 9.10. The van der Waals surface area contributed by atoms with Crippen LogP contribution < -0.4 is 11.1 Å². The van der Waals surface area contributed by atoms with E-state index in [0.29, 0.717) is 10.6 Å². The van der Waals surface area contributed by atoms with Crippen molar-refractivity contribution in [2.45, 2.75) is 30.0 Å². The summed E-state index contributed by atoms with van der Waals surface area (Å²) in [5.41, 5.74) is 7.13. The van der Waals surface area contributed by atoms with Gasteiger partial charge in [-0.15, -0.1) is 0 Å². The molecule has 1 aliphatic heterocycles. The first-order valence-corrected chi connectivity index (χ1v) is 7.72. The van der Waals surface area contributed by atoms with Gasteiger partial charge in [-0.25, -0.2) is 8.42 Å². The number of halogens is 1. The van der Waals surface area contributed by atoms with Crippen LogP contribution in [-0.4, -0.2) is 26.3 Å². The van der Waals surface area contributed by atoms with Gasteiger partial charge in [0.05, 0.1) is 15.8 Å². The highest BCUT2D eigenvalue weighted by Crippen LogP contribution is 2.38. The van der Waals surface area contributed by atoms with Crippen molar-refractivity contribution in [1.29, 1.82) is 0 Å². The molecule has 2 rings (SSSR count). The molecule has 4 nitrogen and oxygen atoms in total. The van der Waals surface area contributed by atoms with Crippen molar-refractivity contribution in [3.63, 3.8) is 0 Å². The lowest BCUT2D eigenvalue weighted by Gasteiger charge is -2.32. The van der Waals surface area contributed by atoms with Crippen LogP contribution in [0.4, 0.5) is 5.69 Å². The molecule has 1 aliphatic rings.